The van der Waals surface area contributed by atoms with Crippen LogP contribution in [0.25, 0.3) is 0 Å². The average molecular weight is 283 g/mol. The number of benzene rings is 2. The number of urea groups is 1. The molecular weight excluding hydrogens is 262 g/mol. The summed E-state index contributed by atoms with van der Waals surface area (Å²) in [5, 5.41) is 6.06. The van der Waals surface area contributed by atoms with E-state index >= 15 is 0 Å². The normalized spacial score (nSPS) is 11.7. The van der Waals surface area contributed by atoms with Crippen molar-refractivity contribution in [1.29, 1.82) is 0 Å². The van der Waals surface area contributed by atoms with Gasteiger partial charge in [-0.1, -0.05) is 37.3 Å². The molecule has 1 unspecified atom stereocenters. The lowest BCUT2D eigenvalue weighted by Crippen LogP contribution is -2.21. The molecule has 1 atom stereocenters. The van der Waals surface area contributed by atoms with E-state index in [4.69, 9.17) is 5.73 Å². The number of hydrogen-bond acceptors (Lipinski definition) is 2. The van der Waals surface area contributed by atoms with Crippen molar-refractivity contribution in [2.75, 3.05) is 10.6 Å². The first-order valence-corrected chi connectivity index (χ1v) is 7.14. The van der Waals surface area contributed by atoms with E-state index in [0.717, 1.165) is 18.5 Å². The average Bonchev–Trinajstić information content (AvgIpc) is 2.49. The molecule has 0 aliphatic rings. The fourth-order valence-corrected chi connectivity index (χ4v) is 2.22. The SMILES string of the molecule is CCC(Cc1ccccc1)Nc1ccc(NC(N)=O)cc1. The van der Waals surface area contributed by atoms with Crippen LogP contribution in [0.5, 0.6) is 0 Å². The maximum Gasteiger partial charge on any atom is 0.316 e. The van der Waals surface area contributed by atoms with E-state index in [2.05, 4.69) is 41.8 Å². The largest absolute Gasteiger partial charge is 0.382 e. The van der Waals surface area contributed by atoms with Crippen molar-refractivity contribution in [1.82, 2.24) is 0 Å². The second-order valence-electron chi connectivity index (χ2n) is 5.01. The third kappa shape index (κ3) is 4.84. The van der Waals surface area contributed by atoms with E-state index in [0.29, 0.717) is 11.7 Å². The lowest BCUT2D eigenvalue weighted by molar-refractivity contribution is 0.259. The summed E-state index contributed by atoms with van der Waals surface area (Å²) < 4.78 is 0. The van der Waals surface area contributed by atoms with Crippen molar-refractivity contribution in [3.63, 3.8) is 0 Å². The van der Waals surface area contributed by atoms with Crippen LogP contribution in [0, 0.1) is 0 Å². The molecule has 0 saturated heterocycles. The molecule has 0 aromatic heterocycles. The van der Waals surface area contributed by atoms with E-state index in [1.165, 1.54) is 5.56 Å². The van der Waals surface area contributed by atoms with Gasteiger partial charge in [-0.2, -0.15) is 0 Å². The number of carbonyl (C=O) groups excluding carboxylic acids is 1. The Morgan fingerprint density at radius 3 is 2.24 bits per heavy atom. The zero-order valence-electron chi connectivity index (χ0n) is 12.2. The summed E-state index contributed by atoms with van der Waals surface area (Å²) in [7, 11) is 0. The molecule has 2 amide bonds. The second kappa shape index (κ2) is 7.33. The summed E-state index contributed by atoms with van der Waals surface area (Å²) in [5.41, 5.74) is 8.14. The topological polar surface area (TPSA) is 67.2 Å². The van der Waals surface area contributed by atoms with Gasteiger partial charge >= 0.3 is 6.03 Å². The summed E-state index contributed by atoms with van der Waals surface area (Å²) in [6, 6.07) is 17.8. The molecule has 0 heterocycles. The molecule has 4 nitrogen and oxygen atoms in total. The molecule has 0 bridgehead atoms. The van der Waals surface area contributed by atoms with E-state index in [1.807, 2.05) is 30.3 Å². The summed E-state index contributed by atoms with van der Waals surface area (Å²) >= 11 is 0. The van der Waals surface area contributed by atoms with Gasteiger partial charge in [-0.25, -0.2) is 4.79 Å². The molecular formula is C17H21N3O. The van der Waals surface area contributed by atoms with Crippen LogP contribution >= 0.6 is 0 Å². The van der Waals surface area contributed by atoms with Crippen LogP contribution in [0.15, 0.2) is 54.6 Å². The van der Waals surface area contributed by atoms with Crippen molar-refractivity contribution >= 4 is 17.4 Å². The van der Waals surface area contributed by atoms with Crippen LogP contribution in [0.4, 0.5) is 16.2 Å². The second-order valence-corrected chi connectivity index (χ2v) is 5.01. The highest BCUT2D eigenvalue weighted by Crippen LogP contribution is 2.16. The molecule has 21 heavy (non-hydrogen) atoms. The highest BCUT2D eigenvalue weighted by molar-refractivity contribution is 5.87. The Morgan fingerprint density at radius 1 is 1.05 bits per heavy atom. The van der Waals surface area contributed by atoms with Crippen LogP contribution in [-0.4, -0.2) is 12.1 Å². The minimum absolute atomic E-state index is 0.377. The zero-order chi connectivity index (χ0) is 15.1. The quantitative estimate of drug-likeness (QED) is 0.758. The number of primary amides is 1. The molecule has 2 aromatic rings. The number of nitrogens with one attached hydrogen (secondary N) is 2. The lowest BCUT2D eigenvalue weighted by atomic mass is 10.0. The highest BCUT2D eigenvalue weighted by Gasteiger charge is 2.07. The Hall–Kier alpha value is -2.49. The van der Waals surface area contributed by atoms with Crippen LogP contribution < -0.4 is 16.4 Å². The number of nitrogens with two attached hydrogens (primary N) is 1. The Morgan fingerprint density at radius 2 is 1.67 bits per heavy atom. The number of hydrogen-bond donors (Lipinski definition) is 3. The van der Waals surface area contributed by atoms with Crippen molar-refractivity contribution in [3.8, 4) is 0 Å². The Balaban J connectivity index is 1.96. The van der Waals surface area contributed by atoms with Crippen molar-refractivity contribution < 1.29 is 4.79 Å². The maximum absolute atomic E-state index is 10.8. The molecule has 0 spiro atoms. The van der Waals surface area contributed by atoms with Gasteiger partial charge in [0, 0.05) is 17.4 Å². The van der Waals surface area contributed by atoms with Gasteiger partial charge in [-0.15, -0.1) is 0 Å². The molecule has 0 saturated carbocycles. The highest BCUT2D eigenvalue weighted by atomic mass is 16.2. The number of anilines is 2. The van der Waals surface area contributed by atoms with Gasteiger partial charge in [0.15, 0.2) is 0 Å². The third-order valence-corrected chi connectivity index (χ3v) is 3.34. The van der Waals surface area contributed by atoms with E-state index < -0.39 is 6.03 Å². The zero-order valence-corrected chi connectivity index (χ0v) is 12.2. The van der Waals surface area contributed by atoms with Gasteiger partial charge in [0.25, 0.3) is 0 Å². The summed E-state index contributed by atoms with van der Waals surface area (Å²) in [6.45, 7) is 2.17. The van der Waals surface area contributed by atoms with E-state index in [1.54, 1.807) is 0 Å². The first-order valence-electron chi connectivity index (χ1n) is 7.14. The predicted octanol–water partition coefficient (Wildman–Crippen LogP) is 3.61. The van der Waals surface area contributed by atoms with Crippen LogP contribution in [0.3, 0.4) is 0 Å². The Bertz CT molecular complexity index is 566. The smallest absolute Gasteiger partial charge is 0.316 e. The van der Waals surface area contributed by atoms with E-state index in [-0.39, 0.29) is 0 Å². The summed E-state index contributed by atoms with van der Waals surface area (Å²) in [6.07, 6.45) is 2.02. The van der Waals surface area contributed by atoms with Crippen molar-refractivity contribution in [2.45, 2.75) is 25.8 Å². The Kier molecular flexibility index (Phi) is 5.21. The molecule has 0 aliphatic heterocycles. The minimum atomic E-state index is -0.550. The molecule has 110 valence electrons. The first kappa shape index (κ1) is 14.9. The maximum atomic E-state index is 10.8. The molecule has 0 aliphatic carbocycles. The molecule has 0 fully saturated rings. The molecule has 2 rings (SSSR count). The number of carbonyl (C=O) groups is 1. The molecule has 4 heteroatoms. The molecule has 0 radical (unpaired) electrons. The molecule has 4 N–H and O–H groups in total. The number of rotatable bonds is 6. The van der Waals surface area contributed by atoms with Crippen LogP contribution in [-0.2, 0) is 6.42 Å². The third-order valence-electron chi connectivity index (χ3n) is 3.34. The van der Waals surface area contributed by atoms with Gasteiger partial charge in [0.2, 0.25) is 0 Å². The van der Waals surface area contributed by atoms with Gasteiger partial charge < -0.3 is 16.4 Å². The van der Waals surface area contributed by atoms with E-state index in [9.17, 15) is 4.79 Å². The minimum Gasteiger partial charge on any atom is -0.382 e. The fraction of sp³-hybridized carbons (Fsp3) is 0.235. The van der Waals surface area contributed by atoms with Gasteiger partial charge in [0.1, 0.15) is 0 Å². The fourth-order valence-electron chi connectivity index (χ4n) is 2.22. The summed E-state index contributed by atoms with van der Waals surface area (Å²) in [4.78, 5) is 10.8. The first-order chi connectivity index (χ1) is 10.2. The standard InChI is InChI=1S/C17H21N3O/c1-2-14(12-13-6-4-3-5-7-13)19-15-8-10-16(11-9-15)20-17(18)21/h3-11,14,19H,2,12H2,1H3,(H3,18,20,21). The van der Waals surface area contributed by atoms with Crippen LogP contribution in [0.1, 0.15) is 18.9 Å². The van der Waals surface area contributed by atoms with Gasteiger partial charge in [-0.3, -0.25) is 0 Å². The summed E-state index contributed by atoms with van der Waals surface area (Å²) in [5.74, 6) is 0. The number of amides is 2. The predicted molar refractivity (Wildman–Crippen MR) is 87.5 cm³/mol. The monoisotopic (exact) mass is 283 g/mol. The lowest BCUT2D eigenvalue weighted by Gasteiger charge is -2.18. The molecule has 2 aromatic carbocycles. The van der Waals surface area contributed by atoms with Crippen molar-refractivity contribution in [2.24, 2.45) is 5.73 Å². The van der Waals surface area contributed by atoms with Gasteiger partial charge in [-0.05, 0) is 42.7 Å². The van der Waals surface area contributed by atoms with Crippen molar-refractivity contribution in [3.05, 3.63) is 60.2 Å². The Labute approximate surface area is 125 Å². The van der Waals surface area contributed by atoms with Gasteiger partial charge in [0.05, 0.1) is 0 Å². The van der Waals surface area contributed by atoms with Crippen LogP contribution in [0.2, 0.25) is 0 Å².